The van der Waals surface area contributed by atoms with Crippen molar-refractivity contribution in [2.75, 3.05) is 0 Å². The first kappa shape index (κ1) is 21.0. The van der Waals surface area contributed by atoms with Gasteiger partial charge in [-0.25, -0.2) is 0 Å². The summed E-state index contributed by atoms with van der Waals surface area (Å²) in [4.78, 5) is 3.45. The van der Waals surface area contributed by atoms with E-state index >= 15 is 0 Å². The lowest BCUT2D eigenvalue weighted by molar-refractivity contribution is 0.277. The van der Waals surface area contributed by atoms with Crippen molar-refractivity contribution in [3.8, 4) is 17.2 Å². The fourth-order valence-electron chi connectivity index (χ4n) is 3.17. The first-order valence-electron chi connectivity index (χ1n) is 10.3. The maximum atomic E-state index is 9.72. The van der Waals surface area contributed by atoms with E-state index in [0.29, 0.717) is 37.1 Å². The van der Waals surface area contributed by atoms with Crippen molar-refractivity contribution in [1.82, 2.24) is 0 Å². The van der Waals surface area contributed by atoms with E-state index in [1.54, 1.807) is 12.1 Å². The van der Waals surface area contributed by atoms with Crippen LogP contribution in [0.25, 0.3) is 4.98 Å². The Morgan fingerprint density at radius 1 is 0.531 bits per heavy atom. The van der Waals surface area contributed by atoms with Crippen LogP contribution in [0.15, 0.2) is 103 Å². The van der Waals surface area contributed by atoms with Crippen LogP contribution in [0.5, 0.6) is 17.2 Å². The molecule has 0 aliphatic rings. The van der Waals surface area contributed by atoms with Crippen molar-refractivity contribution < 1.29 is 14.2 Å². The number of hydrogen-bond acceptors (Lipinski definition) is 4. The van der Waals surface area contributed by atoms with E-state index in [9.17, 15) is 5.39 Å². The van der Waals surface area contributed by atoms with Crippen molar-refractivity contribution in [2.24, 2.45) is 0 Å². The first-order chi connectivity index (χ1) is 15.8. The van der Waals surface area contributed by atoms with Crippen molar-refractivity contribution in [2.45, 2.75) is 19.8 Å². The second kappa shape index (κ2) is 10.6. The highest BCUT2D eigenvalue weighted by Crippen LogP contribution is 2.42. The second-order valence-corrected chi connectivity index (χ2v) is 7.19. The Kier molecular flexibility index (Phi) is 6.97. The van der Waals surface area contributed by atoms with Gasteiger partial charge < -0.3 is 14.2 Å². The number of rotatable bonds is 9. The molecule has 0 saturated heterocycles. The zero-order valence-electron chi connectivity index (χ0n) is 17.6. The molecule has 0 radical (unpaired) electrons. The summed E-state index contributed by atoms with van der Waals surface area (Å²) in [6, 6.07) is 32.9. The predicted octanol–water partition coefficient (Wildman–Crippen LogP) is 6.91. The van der Waals surface area contributed by atoms with Crippen molar-refractivity contribution in [1.29, 1.82) is 5.39 Å². The summed E-state index contributed by atoms with van der Waals surface area (Å²) in [6.07, 6.45) is 0. The van der Waals surface area contributed by atoms with Crippen LogP contribution in [0.1, 0.15) is 16.7 Å². The van der Waals surface area contributed by atoms with Crippen LogP contribution in [0.4, 0.5) is 5.69 Å². The van der Waals surface area contributed by atoms with Gasteiger partial charge in [-0.05, 0) is 16.7 Å². The molecule has 0 aliphatic carbocycles. The SMILES string of the molecule is N#[N+]c1c(OCc2ccccc2)cc(OCc2ccccc2)cc1OCc1ccccc1. The molecule has 0 fully saturated rings. The van der Waals surface area contributed by atoms with Gasteiger partial charge in [-0.2, -0.15) is 0 Å². The van der Waals surface area contributed by atoms with Crippen LogP contribution in [0.3, 0.4) is 0 Å². The maximum Gasteiger partial charge on any atom is 0.467 e. The second-order valence-electron chi connectivity index (χ2n) is 7.19. The van der Waals surface area contributed by atoms with Gasteiger partial charge in [-0.15, -0.1) is 0 Å². The molecule has 4 rings (SSSR count). The summed E-state index contributed by atoms with van der Waals surface area (Å²) < 4.78 is 18.0. The summed E-state index contributed by atoms with van der Waals surface area (Å²) in [5, 5.41) is 9.72. The van der Waals surface area contributed by atoms with E-state index in [-0.39, 0.29) is 5.69 Å². The highest BCUT2D eigenvalue weighted by atomic mass is 16.5. The molecule has 4 aromatic carbocycles. The van der Waals surface area contributed by atoms with Crippen molar-refractivity contribution in [3.63, 3.8) is 0 Å². The summed E-state index contributed by atoms with van der Waals surface area (Å²) in [5.41, 5.74) is 3.27. The van der Waals surface area contributed by atoms with Gasteiger partial charge in [0.2, 0.25) is 16.9 Å². The van der Waals surface area contributed by atoms with E-state index in [0.717, 1.165) is 16.7 Å². The molecule has 0 N–H and O–H groups in total. The Balaban J connectivity index is 1.58. The quantitative estimate of drug-likeness (QED) is 0.275. The Hall–Kier alpha value is -4.30. The van der Waals surface area contributed by atoms with Crippen LogP contribution < -0.4 is 14.2 Å². The predicted molar refractivity (Wildman–Crippen MR) is 124 cm³/mol. The molecule has 0 heterocycles. The molecule has 5 heteroatoms. The molecule has 0 aromatic heterocycles. The van der Waals surface area contributed by atoms with E-state index in [4.69, 9.17) is 14.2 Å². The van der Waals surface area contributed by atoms with Crippen LogP contribution >= 0.6 is 0 Å². The Morgan fingerprint density at radius 2 is 0.906 bits per heavy atom. The Bertz CT molecular complexity index is 1110. The van der Waals surface area contributed by atoms with Crippen LogP contribution in [-0.2, 0) is 19.8 Å². The molecular formula is C27H23N2O3+. The molecule has 158 valence electrons. The van der Waals surface area contributed by atoms with Crippen LogP contribution in [-0.4, -0.2) is 0 Å². The number of ether oxygens (including phenoxy) is 3. The zero-order valence-corrected chi connectivity index (χ0v) is 17.6. The average molecular weight is 423 g/mol. The lowest BCUT2D eigenvalue weighted by Crippen LogP contribution is -2.01. The van der Waals surface area contributed by atoms with Crippen molar-refractivity contribution in [3.05, 3.63) is 125 Å². The third-order valence-corrected chi connectivity index (χ3v) is 4.84. The third kappa shape index (κ3) is 5.65. The summed E-state index contributed by atoms with van der Waals surface area (Å²) >= 11 is 0. The molecular weight excluding hydrogens is 400 g/mol. The summed E-state index contributed by atoms with van der Waals surface area (Å²) in [5.74, 6) is 1.32. The number of diazo groups is 1. The standard InChI is InChI=1S/C27H23N2O3/c28-29-27-25(31-19-22-12-6-2-7-13-22)16-24(30-18-21-10-4-1-5-11-21)17-26(27)32-20-23-14-8-3-9-15-23/h1-17H,18-20H2/q+1. The molecule has 4 aromatic rings. The summed E-state index contributed by atoms with van der Waals surface area (Å²) in [6.45, 7) is 1.04. The van der Waals surface area contributed by atoms with Gasteiger partial charge in [0.25, 0.3) is 0 Å². The fourth-order valence-corrected chi connectivity index (χ4v) is 3.17. The van der Waals surface area contributed by atoms with Crippen molar-refractivity contribution >= 4 is 5.69 Å². The molecule has 0 amide bonds. The minimum absolute atomic E-state index is 0.226. The van der Waals surface area contributed by atoms with Gasteiger partial charge in [-0.3, -0.25) is 0 Å². The number of hydrogen-bond donors (Lipinski definition) is 0. The molecule has 0 aliphatic heterocycles. The number of nitrogens with zero attached hydrogens (tertiary/aromatic N) is 2. The monoisotopic (exact) mass is 423 g/mol. The Morgan fingerprint density at radius 3 is 1.28 bits per heavy atom. The van der Waals surface area contributed by atoms with E-state index in [2.05, 4.69) is 4.98 Å². The highest BCUT2D eigenvalue weighted by Gasteiger charge is 2.26. The highest BCUT2D eigenvalue weighted by molar-refractivity contribution is 5.69. The van der Waals surface area contributed by atoms with E-state index < -0.39 is 0 Å². The molecule has 5 nitrogen and oxygen atoms in total. The average Bonchev–Trinajstić information content (AvgIpc) is 2.86. The summed E-state index contributed by atoms with van der Waals surface area (Å²) in [7, 11) is 0. The molecule has 0 bridgehead atoms. The minimum Gasteiger partial charge on any atom is -0.489 e. The lowest BCUT2D eigenvalue weighted by atomic mass is 10.2. The lowest BCUT2D eigenvalue weighted by Gasteiger charge is -2.12. The van der Waals surface area contributed by atoms with Crippen LogP contribution in [0.2, 0.25) is 0 Å². The Labute approximate surface area is 187 Å². The van der Waals surface area contributed by atoms with E-state index in [1.165, 1.54) is 0 Å². The molecule has 0 atom stereocenters. The zero-order chi connectivity index (χ0) is 22.0. The van der Waals surface area contributed by atoms with E-state index in [1.807, 2.05) is 91.0 Å². The van der Waals surface area contributed by atoms with Gasteiger partial charge >= 0.3 is 5.69 Å². The molecule has 0 saturated carbocycles. The maximum absolute atomic E-state index is 9.72. The van der Waals surface area contributed by atoms with Gasteiger partial charge in [0.05, 0.1) is 0 Å². The minimum atomic E-state index is 0.226. The van der Waals surface area contributed by atoms with Gasteiger partial charge in [-0.1, -0.05) is 91.0 Å². The smallest absolute Gasteiger partial charge is 0.467 e. The largest absolute Gasteiger partial charge is 0.489 e. The van der Waals surface area contributed by atoms with Gasteiger partial charge in [0, 0.05) is 12.1 Å². The molecule has 0 unspecified atom stereocenters. The first-order valence-corrected chi connectivity index (χ1v) is 10.3. The molecule has 32 heavy (non-hydrogen) atoms. The number of benzene rings is 4. The fraction of sp³-hybridized carbons (Fsp3) is 0.111. The van der Waals surface area contributed by atoms with Gasteiger partial charge in [0.1, 0.15) is 25.6 Å². The normalized spacial score (nSPS) is 10.2. The van der Waals surface area contributed by atoms with Gasteiger partial charge in [0.15, 0.2) is 4.98 Å². The topological polar surface area (TPSA) is 55.8 Å². The molecule has 0 spiro atoms. The van der Waals surface area contributed by atoms with Crippen LogP contribution in [0, 0.1) is 5.39 Å². The third-order valence-electron chi connectivity index (χ3n) is 4.84.